The molecule has 1 saturated carbocycles. The number of nitrogens with zero attached hydrogens (tertiary/aromatic N) is 8. The van der Waals surface area contributed by atoms with Crippen molar-refractivity contribution in [1.29, 1.82) is 0 Å². The summed E-state index contributed by atoms with van der Waals surface area (Å²) in [6, 6.07) is 11.5. The fourth-order valence-corrected chi connectivity index (χ4v) is 8.17. The minimum atomic E-state index is -4.65. The smallest absolute Gasteiger partial charge is 0.371 e. The Morgan fingerprint density at radius 1 is 0.964 bits per heavy atom. The van der Waals surface area contributed by atoms with Crippen molar-refractivity contribution in [2.75, 3.05) is 48.3 Å². The SMILES string of the molecule is CN(CC1CCC(n2cc3cc(NC(=O)c4cccc(C(F)(F)F)n4)ncc3n2)CC1)C1CCN(c2ccc3c(N4CCC(=O)NC4=O)cncc3c2)CC1. The standard InChI is InChI=1S/C39H41F3N10O3/c1-49(27-11-14-50(15-12-27)29-9-10-30-25(17-29)19-43-21-33(30)51-16-13-36(53)47-38(51)55)22-24-5-7-28(8-6-24)52-23-26-18-35(44-20-32(26)48-52)46-37(54)31-3-2-4-34(45-31)39(40,41)42/h2-4,9-10,17-21,23-24,27-28H,5-8,11-16,22H2,1H3,(H,46,54)(H,47,53,55). The van der Waals surface area contributed by atoms with E-state index in [1.165, 1.54) is 6.07 Å². The predicted octanol–water partition coefficient (Wildman–Crippen LogP) is 6.42. The van der Waals surface area contributed by atoms with Gasteiger partial charge in [0, 0.05) is 72.9 Å². The van der Waals surface area contributed by atoms with Gasteiger partial charge in [0.05, 0.1) is 24.1 Å². The van der Waals surface area contributed by atoms with Crippen LogP contribution in [0.3, 0.4) is 0 Å². The number of rotatable bonds is 8. The van der Waals surface area contributed by atoms with Gasteiger partial charge in [-0.3, -0.25) is 29.5 Å². The number of imide groups is 1. The van der Waals surface area contributed by atoms with Gasteiger partial charge in [0.2, 0.25) is 5.91 Å². The summed E-state index contributed by atoms with van der Waals surface area (Å²) in [7, 11) is 2.24. The molecule has 8 rings (SSSR count). The van der Waals surface area contributed by atoms with Crippen LogP contribution >= 0.6 is 0 Å². The molecule has 0 spiro atoms. The number of fused-ring (bicyclic) bond motifs is 2. The van der Waals surface area contributed by atoms with Crippen molar-refractivity contribution in [3.05, 3.63) is 78.6 Å². The van der Waals surface area contributed by atoms with Gasteiger partial charge in [0.1, 0.15) is 22.7 Å². The van der Waals surface area contributed by atoms with Gasteiger partial charge in [0.15, 0.2) is 0 Å². The molecule has 2 N–H and O–H groups in total. The number of nitrogens with one attached hydrogen (secondary N) is 2. The van der Waals surface area contributed by atoms with Crippen molar-refractivity contribution < 1.29 is 27.6 Å². The van der Waals surface area contributed by atoms with Crippen LogP contribution in [0.1, 0.15) is 67.2 Å². The van der Waals surface area contributed by atoms with Crippen molar-refractivity contribution in [1.82, 2.24) is 34.9 Å². The van der Waals surface area contributed by atoms with Crippen LogP contribution in [0.2, 0.25) is 0 Å². The number of alkyl halides is 3. The van der Waals surface area contributed by atoms with Crippen molar-refractivity contribution in [3.8, 4) is 0 Å². The molecule has 0 bridgehead atoms. The van der Waals surface area contributed by atoms with E-state index in [0.29, 0.717) is 29.7 Å². The maximum atomic E-state index is 13.1. The zero-order valence-electron chi connectivity index (χ0n) is 30.3. The van der Waals surface area contributed by atoms with Crippen LogP contribution in [-0.2, 0) is 11.0 Å². The van der Waals surface area contributed by atoms with Gasteiger partial charge in [-0.1, -0.05) is 12.1 Å². The summed E-state index contributed by atoms with van der Waals surface area (Å²) in [5.41, 5.74) is 1.05. The van der Waals surface area contributed by atoms with E-state index < -0.39 is 23.8 Å². The molecule has 2 aliphatic heterocycles. The number of pyridine rings is 3. The quantitative estimate of drug-likeness (QED) is 0.184. The minimum Gasteiger partial charge on any atom is -0.371 e. The van der Waals surface area contributed by atoms with E-state index in [2.05, 4.69) is 54.6 Å². The monoisotopic (exact) mass is 754 g/mol. The molecule has 3 aliphatic rings. The maximum Gasteiger partial charge on any atom is 0.433 e. The van der Waals surface area contributed by atoms with Gasteiger partial charge in [-0.2, -0.15) is 18.3 Å². The van der Waals surface area contributed by atoms with Crippen LogP contribution in [-0.4, -0.2) is 86.7 Å². The number of carbonyl (C=O) groups excluding carboxylic acids is 3. The van der Waals surface area contributed by atoms with E-state index in [1.54, 1.807) is 23.4 Å². The summed E-state index contributed by atoms with van der Waals surface area (Å²) >= 11 is 0. The molecule has 3 fully saturated rings. The number of piperidine rings is 1. The highest BCUT2D eigenvalue weighted by atomic mass is 19.4. The molecular formula is C39H41F3N10O3. The number of hydrogen-bond acceptors (Lipinski definition) is 9. The molecule has 0 unspecified atom stereocenters. The Balaban J connectivity index is 0.819. The Labute approximate surface area is 314 Å². The topological polar surface area (TPSA) is 141 Å². The summed E-state index contributed by atoms with van der Waals surface area (Å²) in [5, 5.41) is 12.4. The molecule has 4 amide bonds. The van der Waals surface area contributed by atoms with Gasteiger partial charge in [-0.05, 0) is 81.8 Å². The highest BCUT2D eigenvalue weighted by Gasteiger charge is 2.33. The van der Waals surface area contributed by atoms with Crippen LogP contribution in [0.15, 0.2) is 67.3 Å². The number of aromatic nitrogens is 5. The van der Waals surface area contributed by atoms with Crippen molar-refractivity contribution in [3.63, 3.8) is 0 Å². The fraction of sp³-hybridized carbons (Fsp3) is 0.410. The maximum absolute atomic E-state index is 13.1. The van der Waals surface area contributed by atoms with Gasteiger partial charge in [0.25, 0.3) is 5.91 Å². The van der Waals surface area contributed by atoms with Gasteiger partial charge < -0.3 is 15.1 Å². The molecule has 1 aliphatic carbocycles. The zero-order chi connectivity index (χ0) is 38.3. The Bertz CT molecular complexity index is 2250. The zero-order valence-corrected chi connectivity index (χ0v) is 30.3. The molecule has 2 saturated heterocycles. The van der Waals surface area contributed by atoms with Crippen molar-refractivity contribution >= 4 is 56.7 Å². The van der Waals surface area contributed by atoms with Crippen LogP contribution in [0.4, 0.5) is 35.2 Å². The van der Waals surface area contributed by atoms with Crippen LogP contribution in [0.25, 0.3) is 21.7 Å². The van der Waals surface area contributed by atoms with Crippen LogP contribution in [0.5, 0.6) is 0 Å². The highest BCUT2D eigenvalue weighted by molar-refractivity contribution is 6.10. The summed E-state index contributed by atoms with van der Waals surface area (Å²) in [5.74, 6) is -0.228. The molecule has 0 atom stereocenters. The second-order valence-electron chi connectivity index (χ2n) is 14.7. The first-order valence-electron chi connectivity index (χ1n) is 18.6. The van der Waals surface area contributed by atoms with Gasteiger partial charge in [-0.15, -0.1) is 0 Å². The molecule has 6 heterocycles. The van der Waals surface area contributed by atoms with Gasteiger partial charge in [-0.25, -0.2) is 14.8 Å². The van der Waals surface area contributed by atoms with Crippen LogP contribution in [0, 0.1) is 5.92 Å². The summed E-state index contributed by atoms with van der Waals surface area (Å²) < 4.78 is 41.2. The minimum absolute atomic E-state index is 0.211. The number of anilines is 3. The van der Waals surface area contributed by atoms with E-state index in [4.69, 9.17) is 5.10 Å². The van der Waals surface area contributed by atoms with Gasteiger partial charge >= 0.3 is 12.2 Å². The second kappa shape index (κ2) is 14.9. The summed E-state index contributed by atoms with van der Waals surface area (Å²) in [4.78, 5) is 55.4. The number of amides is 4. The largest absolute Gasteiger partial charge is 0.433 e. The predicted molar refractivity (Wildman–Crippen MR) is 201 cm³/mol. The lowest BCUT2D eigenvalue weighted by Crippen LogP contribution is -2.49. The summed E-state index contributed by atoms with van der Waals surface area (Å²) in [6.45, 7) is 3.28. The first kappa shape index (κ1) is 36.3. The van der Waals surface area contributed by atoms with Crippen LogP contribution < -0.4 is 20.4 Å². The molecule has 0 radical (unpaired) electrons. The Kier molecular flexibility index (Phi) is 9.84. The fourth-order valence-electron chi connectivity index (χ4n) is 8.17. The molecule has 4 aromatic heterocycles. The molecule has 55 heavy (non-hydrogen) atoms. The van der Waals surface area contributed by atoms with E-state index in [0.717, 1.165) is 92.1 Å². The lowest BCUT2D eigenvalue weighted by molar-refractivity contribution is -0.141. The lowest BCUT2D eigenvalue weighted by Gasteiger charge is -2.40. The molecule has 13 nitrogen and oxygen atoms in total. The number of hydrogen-bond donors (Lipinski definition) is 2. The molecule has 286 valence electrons. The Hall–Kier alpha value is -5.64. The average Bonchev–Trinajstić information content (AvgIpc) is 3.61. The third-order valence-corrected chi connectivity index (χ3v) is 11.2. The Morgan fingerprint density at radius 3 is 2.53 bits per heavy atom. The lowest BCUT2D eigenvalue weighted by atomic mass is 9.85. The van der Waals surface area contributed by atoms with E-state index in [9.17, 15) is 27.6 Å². The third kappa shape index (κ3) is 7.81. The highest BCUT2D eigenvalue weighted by Crippen LogP contribution is 2.35. The van der Waals surface area contributed by atoms with Crippen molar-refractivity contribution in [2.45, 2.75) is 63.2 Å². The first-order valence-corrected chi connectivity index (χ1v) is 18.6. The molecule has 1 aromatic carbocycles. The third-order valence-electron chi connectivity index (χ3n) is 11.2. The number of urea groups is 1. The van der Waals surface area contributed by atoms with Crippen molar-refractivity contribution in [2.24, 2.45) is 5.92 Å². The molecule has 5 aromatic rings. The number of halogens is 3. The molecule has 16 heteroatoms. The summed E-state index contributed by atoms with van der Waals surface area (Å²) in [6.07, 6.45) is 8.94. The normalized spacial score (nSPS) is 20.0. The second-order valence-corrected chi connectivity index (χ2v) is 14.7. The van der Waals surface area contributed by atoms with E-state index in [-0.39, 0.29) is 29.9 Å². The Morgan fingerprint density at radius 2 is 1.76 bits per heavy atom. The number of carbonyl (C=O) groups is 3. The molecular weight excluding hydrogens is 713 g/mol. The number of benzene rings is 1. The van der Waals surface area contributed by atoms with E-state index >= 15 is 0 Å². The first-order chi connectivity index (χ1) is 26.5. The average molecular weight is 755 g/mol. The van der Waals surface area contributed by atoms with E-state index in [1.807, 2.05) is 23.1 Å².